The van der Waals surface area contributed by atoms with Crippen LogP contribution in [0.25, 0.3) is 11.3 Å². The summed E-state index contributed by atoms with van der Waals surface area (Å²) in [6.07, 6.45) is 5.51. The lowest BCUT2D eigenvalue weighted by atomic mass is 10.1. The molecule has 1 saturated heterocycles. The monoisotopic (exact) mass is 2180 g/mol. The van der Waals surface area contributed by atoms with Crippen LogP contribution in [0.3, 0.4) is 0 Å². The fraction of sp³-hybridized carbons (Fsp3) is 0.624. The highest BCUT2D eigenvalue weighted by molar-refractivity contribution is 14.1. The molecule has 12 amide bonds. The van der Waals surface area contributed by atoms with Gasteiger partial charge in [-0.25, -0.2) is 28.7 Å². The molecule has 0 saturated carbocycles. The highest BCUT2D eigenvalue weighted by Gasteiger charge is 2.33. The van der Waals surface area contributed by atoms with Crippen LogP contribution in [0.1, 0.15) is 107 Å². The predicted octanol–water partition coefficient (Wildman–Crippen LogP) is -0.500. The number of carboxylic acids is 4. The number of hydrogen-bond acceptors (Lipinski definition) is 32. The number of urea groups is 2. The second-order valence-corrected chi connectivity index (χ2v) is 35.1. The van der Waals surface area contributed by atoms with Crippen LogP contribution < -0.4 is 76.1 Å². The smallest absolute Gasteiger partial charge is 0.326 e. The number of hydrogen-bond donors (Lipinski definition) is 18. The standard InChI is InChI=1S/C93H146IN21O29S/c94-70-20-16-67(17-21-70)9-7-15-82(120)99-28-4-2-13-74(88(126)127)106-84(122)27-38-135-42-46-139-49-51-141-53-55-143-57-58-144-56-54-142-52-50-140-47-43-136-39-31-100-87(125)73(12-1-6-30-102-93(145)104-71-22-18-68(19-23-71)59-85-113(64-80(97)118)35-34-111(62-78(95)116)32-33-112(63-79(96)117)66-114(85)65-81(98)119)105-83(121)26-37-134-41-45-138-48-44-137-40-36-115-61-77(109-110-115)69-10-8-11-72(60-69)103-91(132)101-29-5-3-14-75(89(128)129)107-92(133)108-76(90(130)131)24-25-86(123)124/h8,10-11,16-23,60-61,73-76,85H,1-7,9,12-15,24-59,62-66H2,(H2,95,116)(H2,96,117)(H2,97,118)(H2,98,119)(H,99,120)(H,100,125)(H,105,121)(H,106,122)(H,123,124)(H,126,127)(H,128,129)(H,130,131)(H2,101,103,132)(H2,102,104,145)(H2,107,108,133). The normalized spacial score (nSPS) is 14.0. The molecule has 0 aliphatic carbocycles. The number of unbranched alkanes of at least 4 members (excludes halogenated alkanes) is 3. The van der Waals surface area contributed by atoms with E-state index in [1.807, 2.05) is 36.4 Å². The summed E-state index contributed by atoms with van der Waals surface area (Å²) in [5, 5.41) is 73.2. The van der Waals surface area contributed by atoms with E-state index in [2.05, 4.69) is 98.2 Å². The number of thiocarbonyl (C=S) groups is 1. The first kappa shape index (κ1) is 124. The molecule has 1 aliphatic heterocycles. The number of anilines is 2. The number of nitrogens with one attached hydrogen (secondary N) is 10. The molecule has 0 radical (unpaired) electrons. The quantitative estimate of drug-likeness (QED) is 0.0150. The van der Waals surface area contributed by atoms with Gasteiger partial charge in [-0.2, -0.15) is 0 Å². The predicted molar refractivity (Wildman–Crippen MR) is 539 cm³/mol. The maximum absolute atomic E-state index is 13.7. The fourth-order valence-corrected chi connectivity index (χ4v) is 14.8. The molecule has 22 N–H and O–H groups in total. The Labute approximate surface area is 861 Å². The number of ether oxygens (including phenoxy) is 11. The molecule has 1 fully saturated rings. The highest BCUT2D eigenvalue weighted by atomic mass is 127. The number of aromatic nitrogens is 3. The summed E-state index contributed by atoms with van der Waals surface area (Å²) >= 11 is 7.90. The van der Waals surface area contributed by atoms with E-state index in [-0.39, 0.29) is 183 Å². The van der Waals surface area contributed by atoms with Crippen LogP contribution in [-0.2, 0) is 129 Å². The zero-order valence-electron chi connectivity index (χ0n) is 82.1. The summed E-state index contributed by atoms with van der Waals surface area (Å²) in [5.74, 6) is -8.99. The summed E-state index contributed by atoms with van der Waals surface area (Å²) in [5.41, 5.74) is 27.0. The van der Waals surface area contributed by atoms with E-state index in [1.54, 1.807) is 54.7 Å². The number of nitrogens with two attached hydrogens (primary N) is 4. The molecule has 1 aliphatic rings. The second-order valence-electron chi connectivity index (χ2n) is 33.4. The molecule has 50 nitrogen and oxygen atoms in total. The van der Waals surface area contributed by atoms with Gasteiger partial charge in [-0.1, -0.05) is 41.6 Å². The Morgan fingerprint density at radius 2 is 0.855 bits per heavy atom. The average molecular weight is 2180 g/mol. The fourth-order valence-electron chi connectivity index (χ4n) is 14.3. The number of benzene rings is 3. The third kappa shape index (κ3) is 61.1. The number of aryl methyl sites for hydroxylation is 1. The van der Waals surface area contributed by atoms with Crippen LogP contribution in [-0.4, -0.2) is 404 Å². The van der Waals surface area contributed by atoms with Crippen LogP contribution in [0.4, 0.5) is 21.0 Å². The maximum Gasteiger partial charge on any atom is 0.326 e. The first-order valence-electron chi connectivity index (χ1n) is 48.3. The van der Waals surface area contributed by atoms with Gasteiger partial charge in [-0.3, -0.25) is 62.8 Å². The van der Waals surface area contributed by atoms with E-state index in [0.29, 0.717) is 172 Å². The first-order chi connectivity index (χ1) is 69.9. The number of carbonyl (C=O) groups is 14. The van der Waals surface area contributed by atoms with Crippen molar-refractivity contribution in [3.8, 4) is 11.3 Å². The van der Waals surface area contributed by atoms with Gasteiger partial charge in [-0.15, -0.1) is 5.10 Å². The molecule has 3 aromatic carbocycles. The highest BCUT2D eigenvalue weighted by Crippen LogP contribution is 2.23. The molecular formula is C93H146IN21O29S. The van der Waals surface area contributed by atoms with Crippen molar-refractivity contribution in [2.24, 2.45) is 22.9 Å². The number of carboxylic acid groups (broad SMARTS) is 4. The lowest BCUT2D eigenvalue weighted by Crippen LogP contribution is -2.60. The lowest BCUT2D eigenvalue weighted by molar-refractivity contribution is -0.142. The zero-order chi connectivity index (χ0) is 105. The van der Waals surface area contributed by atoms with Gasteiger partial charge in [0.05, 0.1) is 197 Å². The van der Waals surface area contributed by atoms with Crippen molar-refractivity contribution in [1.29, 1.82) is 0 Å². The van der Waals surface area contributed by atoms with Crippen LogP contribution in [0, 0.1) is 3.57 Å². The number of halogens is 1. The Morgan fingerprint density at radius 3 is 1.38 bits per heavy atom. The van der Waals surface area contributed by atoms with E-state index in [0.717, 1.165) is 22.0 Å². The summed E-state index contributed by atoms with van der Waals surface area (Å²) < 4.78 is 64.5. The zero-order valence-corrected chi connectivity index (χ0v) is 85.1. The Kier molecular flexibility index (Phi) is 65.5. The molecule has 810 valence electrons. The van der Waals surface area contributed by atoms with E-state index in [1.165, 1.54) is 5.56 Å². The third-order valence-electron chi connectivity index (χ3n) is 21.6. The van der Waals surface area contributed by atoms with Crippen molar-refractivity contribution in [1.82, 2.24) is 77.1 Å². The Balaban J connectivity index is 0.942. The molecule has 5 unspecified atom stereocenters. The average Bonchev–Trinajstić information content (AvgIpc) is 1.83. The van der Waals surface area contributed by atoms with Crippen molar-refractivity contribution < 1.29 is 140 Å². The van der Waals surface area contributed by atoms with Crippen LogP contribution >= 0.6 is 34.8 Å². The van der Waals surface area contributed by atoms with Crippen molar-refractivity contribution in [2.75, 3.05) is 241 Å². The largest absolute Gasteiger partial charge is 0.481 e. The lowest BCUT2D eigenvalue weighted by Gasteiger charge is -2.43. The van der Waals surface area contributed by atoms with Crippen molar-refractivity contribution in [3.05, 3.63) is 93.7 Å². The number of nitrogens with zero attached hydrogens (tertiary/aromatic N) is 7. The van der Waals surface area contributed by atoms with Gasteiger partial charge in [0.1, 0.15) is 29.9 Å². The first-order valence-corrected chi connectivity index (χ1v) is 49.8. The summed E-state index contributed by atoms with van der Waals surface area (Å²) in [7, 11) is 0. The van der Waals surface area contributed by atoms with E-state index >= 15 is 0 Å². The Bertz CT molecular complexity index is 4510. The van der Waals surface area contributed by atoms with E-state index in [4.69, 9.17) is 92.4 Å². The molecule has 1 aromatic heterocycles. The van der Waals surface area contributed by atoms with Gasteiger partial charge in [0.25, 0.3) is 0 Å². The third-order valence-corrected chi connectivity index (χ3v) is 22.6. The molecular weight excluding hydrogens is 2030 g/mol. The summed E-state index contributed by atoms with van der Waals surface area (Å²) in [6.45, 7) is 8.01. The SMILES string of the molecule is NC(=O)CN1CCN(CC(N)=O)CN(CC(N)=O)C(Cc2ccc(NC(=S)NCCCCC(NC(=O)CCOCCOCCOCCn3cc(-c4cccc(NC(=O)NCCCCC(NC(=O)NC(CCC(=O)O)C(=O)O)C(=O)O)c4)nn3)C(=O)NCCOCCOCCOCCOCCOCCOCCOCCOCCC(=O)NC(CCCCNC(=O)CCCc3ccc(I)cc3)C(=O)O)cc2)N(CC(N)=O)CC1. The van der Waals surface area contributed by atoms with Gasteiger partial charge in [0.15, 0.2) is 5.11 Å². The molecule has 52 heteroatoms. The van der Waals surface area contributed by atoms with Gasteiger partial charge in [0.2, 0.25) is 47.3 Å². The van der Waals surface area contributed by atoms with Crippen molar-refractivity contribution >= 4 is 134 Å². The molecule has 4 aromatic rings. The summed E-state index contributed by atoms with van der Waals surface area (Å²) in [4.78, 5) is 179. The number of rotatable bonds is 82. The van der Waals surface area contributed by atoms with E-state index < -0.39 is 120 Å². The van der Waals surface area contributed by atoms with Crippen molar-refractivity contribution in [2.45, 2.75) is 146 Å². The Hall–Kier alpha value is -11.2. The van der Waals surface area contributed by atoms with Gasteiger partial charge < -0.3 is 149 Å². The molecule has 2 heterocycles. The second kappa shape index (κ2) is 76.4. The van der Waals surface area contributed by atoms with Gasteiger partial charge >= 0.3 is 35.9 Å². The Morgan fingerprint density at radius 1 is 0.407 bits per heavy atom. The number of amides is 12. The minimum atomic E-state index is -1.54. The van der Waals surface area contributed by atoms with Crippen LogP contribution in [0.2, 0.25) is 0 Å². The van der Waals surface area contributed by atoms with Gasteiger partial charge in [-0.05, 0) is 159 Å². The number of primary amides is 4. The maximum atomic E-state index is 13.7. The van der Waals surface area contributed by atoms with E-state index in [9.17, 15) is 82.4 Å². The molecule has 5 atom stereocenters. The number of carbonyl (C=O) groups excluding carboxylic acids is 10. The van der Waals surface area contributed by atoms with Gasteiger partial charge in [0, 0.05) is 105 Å². The topological polar surface area (TPSA) is 689 Å². The van der Waals surface area contributed by atoms with Crippen LogP contribution in [0.5, 0.6) is 0 Å². The molecule has 0 spiro atoms. The minimum absolute atomic E-state index is 0.00457. The summed E-state index contributed by atoms with van der Waals surface area (Å²) in [6, 6.07) is 15.9. The molecule has 145 heavy (non-hydrogen) atoms. The molecule has 5 rings (SSSR count). The minimum Gasteiger partial charge on any atom is -0.481 e. The van der Waals surface area contributed by atoms with Crippen LogP contribution in [0.15, 0.2) is 79.0 Å². The van der Waals surface area contributed by atoms with Crippen molar-refractivity contribution in [3.63, 3.8) is 0 Å². The number of aliphatic carboxylic acids is 4. The molecule has 0 bridgehead atoms.